The fourth-order valence-corrected chi connectivity index (χ4v) is 4.06. The quantitative estimate of drug-likeness (QED) is 0.467. The molecule has 10 heteroatoms. The molecule has 1 atom stereocenters. The summed E-state index contributed by atoms with van der Waals surface area (Å²) in [4.78, 5) is 27.8. The minimum Gasteiger partial charge on any atom is -0.497 e. The van der Waals surface area contributed by atoms with Crippen LogP contribution in [-0.2, 0) is 9.53 Å². The third kappa shape index (κ3) is 6.91. The van der Waals surface area contributed by atoms with Gasteiger partial charge in [0.05, 0.1) is 39.7 Å². The van der Waals surface area contributed by atoms with Gasteiger partial charge >= 0.3 is 6.03 Å². The van der Waals surface area contributed by atoms with E-state index in [9.17, 15) is 9.59 Å². The van der Waals surface area contributed by atoms with Crippen LogP contribution in [-0.4, -0.2) is 82.2 Å². The third-order valence-electron chi connectivity index (χ3n) is 6.09. The zero-order valence-electron chi connectivity index (χ0n) is 22.2. The van der Waals surface area contributed by atoms with Gasteiger partial charge in [-0.15, -0.1) is 0 Å². The van der Waals surface area contributed by atoms with Gasteiger partial charge in [-0.25, -0.2) is 9.80 Å². The number of ether oxygens (including phenoxy) is 4. The smallest absolute Gasteiger partial charge is 0.317 e. The first-order valence-electron chi connectivity index (χ1n) is 12.2. The molecule has 0 aromatic heterocycles. The average Bonchev–Trinajstić information content (AvgIpc) is 3.38. The Morgan fingerprint density at radius 3 is 2.35 bits per heavy atom. The highest BCUT2D eigenvalue weighted by Crippen LogP contribution is 2.36. The first kappa shape index (κ1) is 27.8. The van der Waals surface area contributed by atoms with Crippen molar-refractivity contribution >= 4 is 17.6 Å². The summed E-state index contributed by atoms with van der Waals surface area (Å²) in [6, 6.07) is 12.4. The number of methoxy groups -OCH3 is 4. The molecule has 0 saturated carbocycles. The lowest BCUT2D eigenvalue weighted by Gasteiger charge is -2.27. The first-order valence-corrected chi connectivity index (χ1v) is 12.2. The average molecular weight is 513 g/mol. The number of carbonyl (C=O) groups is 2. The molecule has 1 N–H and O–H groups in total. The lowest BCUT2D eigenvalue weighted by molar-refractivity contribution is -0.133. The van der Waals surface area contributed by atoms with Gasteiger partial charge in [-0.2, -0.15) is 5.10 Å². The highest BCUT2D eigenvalue weighted by atomic mass is 16.5. The van der Waals surface area contributed by atoms with Crippen LogP contribution in [0.3, 0.4) is 0 Å². The van der Waals surface area contributed by atoms with Gasteiger partial charge in [-0.3, -0.25) is 4.79 Å². The highest BCUT2D eigenvalue weighted by Gasteiger charge is 2.35. The Morgan fingerprint density at radius 2 is 1.73 bits per heavy atom. The maximum atomic E-state index is 13.6. The van der Waals surface area contributed by atoms with Crippen LogP contribution < -0.4 is 19.5 Å². The Bertz CT molecular complexity index is 1090. The predicted octanol–water partition coefficient (Wildman–Crippen LogP) is 3.46. The van der Waals surface area contributed by atoms with Gasteiger partial charge in [0.15, 0.2) is 0 Å². The minimum atomic E-state index is -0.358. The lowest BCUT2D eigenvalue weighted by Crippen LogP contribution is -2.47. The number of hydrazone groups is 1. The molecular formula is C27H36N4O6. The van der Waals surface area contributed by atoms with Crippen molar-refractivity contribution in [1.82, 2.24) is 15.2 Å². The summed E-state index contributed by atoms with van der Waals surface area (Å²) in [7, 11) is 6.34. The van der Waals surface area contributed by atoms with Crippen LogP contribution in [0.2, 0.25) is 0 Å². The highest BCUT2D eigenvalue weighted by molar-refractivity contribution is 6.05. The van der Waals surface area contributed by atoms with Gasteiger partial charge in [0.1, 0.15) is 23.8 Å². The Hall–Kier alpha value is -3.79. The second-order valence-electron chi connectivity index (χ2n) is 8.49. The largest absolute Gasteiger partial charge is 0.497 e. The summed E-state index contributed by atoms with van der Waals surface area (Å²) in [6.07, 6.45) is 1.27. The number of urea groups is 1. The summed E-state index contributed by atoms with van der Waals surface area (Å²) in [5.41, 5.74) is 2.38. The van der Waals surface area contributed by atoms with Crippen LogP contribution in [0.5, 0.6) is 17.2 Å². The van der Waals surface area contributed by atoms with Crippen molar-refractivity contribution in [3.63, 3.8) is 0 Å². The van der Waals surface area contributed by atoms with Crippen molar-refractivity contribution in [1.29, 1.82) is 0 Å². The molecule has 0 bridgehead atoms. The third-order valence-corrected chi connectivity index (χ3v) is 6.09. The van der Waals surface area contributed by atoms with Crippen molar-refractivity contribution in [3.05, 3.63) is 53.6 Å². The summed E-state index contributed by atoms with van der Waals surface area (Å²) < 4.78 is 21.4. The normalized spacial score (nSPS) is 14.7. The fraction of sp³-hybridized carbons (Fsp3) is 0.444. The Labute approximate surface area is 218 Å². The van der Waals surface area contributed by atoms with E-state index in [1.165, 1.54) is 9.91 Å². The number of amides is 3. The van der Waals surface area contributed by atoms with Crippen LogP contribution in [0.4, 0.5) is 4.79 Å². The number of rotatable bonds is 12. The number of benzene rings is 2. The molecule has 0 fully saturated rings. The van der Waals surface area contributed by atoms with E-state index >= 15 is 0 Å². The van der Waals surface area contributed by atoms with Crippen LogP contribution in [0.25, 0.3) is 0 Å². The molecule has 10 nitrogen and oxygen atoms in total. The van der Waals surface area contributed by atoms with E-state index in [1.807, 2.05) is 43.3 Å². The number of hydrogen-bond acceptors (Lipinski definition) is 7. The maximum absolute atomic E-state index is 13.6. The molecule has 2 aromatic rings. The summed E-state index contributed by atoms with van der Waals surface area (Å²) >= 11 is 0. The van der Waals surface area contributed by atoms with Gasteiger partial charge in [-0.05, 0) is 36.2 Å². The van der Waals surface area contributed by atoms with Crippen LogP contribution in [0.15, 0.2) is 47.6 Å². The van der Waals surface area contributed by atoms with Crippen LogP contribution >= 0.6 is 0 Å². The summed E-state index contributed by atoms with van der Waals surface area (Å²) in [5.74, 6) is 1.68. The molecule has 37 heavy (non-hydrogen) atoms. The molecule has 3 amide bonds. The first-order chi connectivity index (χ1) is 17.9. The monoisotopic (exact) mass is 512 g/mol. The SMILES string of the molecule is CCCNC(=O)N(CCOC)CC(=O)N1N=C(c2ccc(OC)cc2OC)CC1c1ccc(OC)cc1. The van der Waals surface area contributed by atoms with Crippen molar-refractivity contribution in [2.24, 2.45) is 5.10 Å². The Morgan fingerprint density at radius 1 is 1.03 bits per heavy atom. The van der Waals surface area contributed by atoms with Crippen molar-refractivity contribution in [3.8, 4) is 17.2 Å². The number of carbonyl (C=O) groups excluding carboxylic acids is 2. The van der Waals surface area contributed by atoms with E-state index in [2.05, 4.69) is 5.32 Å². The van der Waals surface area contributed by atoms with Crippen molar-refractivity contribution in [2.75, 3.05) is 54.7 Å². The molecule has 3 rings (SSSR count). The van der Waals surface area contributed by atoms with Crippen LogP contribution in [0, 0.1) is 0 Å². The van der Waals surface area contributed by atoms with Crippen LogP contribution in [0.1, 0.15) is 36.9 Å². The van der Waals surface area contributed by atoms with E-state index in [-0.39, 0.29) is 31.1 Å². The van der Waals surface area contributed by atoms with E-state index in [0.717, 1.165) is 23.3 Å². The predicted molar refractivity (Wildman–Crippen MR) is 140 cm³/mol. The van der Waals surface area contributed by atoms with E-state index in [0.29, 0.717) is 36.8 Å². The minimum absolute atomic E-state index is 0.137. The molecule has 1 unspecified atom stereocenters. The standard InChI is InChI=1S/C27H36N4O6/c1-6-13-28-27(33)30(14-15-34-2)18-26(32)31-24(19-7-9-20(35-3)10-8-19)17-23(29-31)22-12-11-21(36-4)16-25(22)37-5/h7-12,16,24H,6,13-15,17-18H2,1-5H3,(H,28,33). The van der Waals surface area contributed by atoms with E-state index in [1.54, 1.807) is 34.5 Å². The molecule has 1 heterocycles. The summed E-state index contributed by atoms with van der Waals surface area (Å²) in [6.45, 7) is 2.95. The second kappa shape index (κ2) is 13.5. The number of hydrogen-bond donors (Lipinski definition) is 1. The van der Waals surface area contributed by atoms with Gasteiger partial charge in [-0.1, -0.05) is 19.1 Å². The molecule has 0 radical (unpaired) electrons. The van der Waals surface area contributed by atoms with Gasteiger partial charge < -0.3 is 29.2 Å². The second-order valence-corrected chi connectivity index (χ2v) is 8.49. The zero-order valence-corrected chi connectivity index (χ0v) is 22.2. The molecule has 1 aliphatic heterocycles. The molecule has 200 valence electrons. The molecule has 1 aliphatic rings. The van der Waals surface area contributed by atoms with Gasteiger partial charge in [0.2, 0.25) is 0 Å². The van der Waals surface area contributed by atoms with Crippen molar-refractivity contribution in [2.45, 2.75) is 25.8 Å². The topological polar surface area (TPSA) is 102 Å². The molecular weight excluding hydrogens is 476 g/mol. The summed E-state index contributed by atoms with van der Waals surface area (Å²) in [5, 5.41) is 9.04. The zero-order chi connectivity index (χ0) is 26.8. The molecule has 0 spiro atoms. The Balaban J connectivity index is 1.94. The lowest BCUT2D eigenvalue weighted by atomic mass is 9.97. The van der Waals surface area contributed by atoms with E-state index in [4.69, 9.17) is 24.0 Å². The van der Waals surface area contributed by atoms with Gasteiger partial charge in [0, 0.05) is 38.2 Å². The maximum Gasteiger partial charge on any atom is 0.317 e. The molecule has 0 saturated heterocycles. The number of nitrogens with zero attached hydrogens (tertiary/aromatic N) is 3. The number of nitrogens with one attached hydrogen (secondary N) is 1. The van der Waals surface area contributed by atoms with Gasteiger partial charge in [0.25, 0.3) is 5.91 Å². The molecule has 0 aliphatic carbocycles. The van der Waals surface area contributed by atoms with Crippen molar-refractivity contribution < 1.29 is 28.5 Å². The molecule has 2 aromatic carbocycles. The fourth-order valence-electron chi connectivity index (χ4n) is 4.06. The Kier molecular flexibility index (Phi) is 10.1. The van der Waals surface area contributed by atoms with E-state index < -0.39 is 0 Å².